The van der Waals surface area contributed by atoms with Gasteiger partial charge in [-0.2, -0.15) is 0 Å². The maximum atomic E-state index is 12.8. The van der Waals surface area contributed by atoms with E-state index in [1.165, 1.54) is 15.9 Å². The summed E-state index contributed by atoms with van der Waals surface area (Å²) >= 11 is 3.09. The molecule has 0 saturated heterocycles. The standard InChI is InChI=1S/C15H14N2O3S2/c1-8-12(10-4-3-7-21-10)13-14(22-8)16-9(2)17(15(13)20)6-5-11(18)19/h3-4,7H,5-6H2,1-2H3,(H,18,19). The molecular weight excluding hydrogens is 320 g/mol. The van der Waals surface area contributed by atoms with E-state index in [4.69, 9.17) is 5.11 Å². The Morgan fingerprint density at radius 2 is 2.18 bits per heavy atom. The molecule has 114 valence electrons. The molecule has 3 aromatic rings. The van der Waals surface area contributed by atoms with E-state index in [-0.39, 0.29) is 18.5 Å². The van der Waals surface area contributed by atoms with Crippen LogP contribution in [0.1, 0.15) is 17.1 Å². The topological polar surface area (TPSA) is 72.2 Å². The lowest BCUT2D eigenvalue weighted by atomic mass is 10.1. The third-order valence-electron chi connectivity index (χ3n) is 3.50. The van der Waals surface area contributed by atoms with E-state index in [9.17, 15) is 9.59 Å². The van der Waals surface area contributed by atoms with E-state index in [1.54, 1.807) is 18.3 Å². The maximum Gasteiger partial charge on any atom is 0.305 e. The average Bonchev–Trinajstić information content (AvgIpc) is 3.04. The molecule has 3 rings (SSSR count). The fourth-order valence-electron chi connectivity index (χ4n) is 2.48. The van der Waals surface area contributed by atoms with Gasteiger partial charge >= 0.3 is 5.97 Å². The van der Waals surface area contributed by atoms with Crippen molar-refractivity contribution < 1.29 is 9.90 Å². The van der Waals surface area contributed by atoms with Crippen LogP contribution in [0.25, 0.3) is 20.7 Å². The normalized spacial score (nSPS) is 11.2. The highest BCUT2D eigenvalue weighted by Gasteiger charge is 2.19. The first-order chi connectivity index (χ1) is 10.5. The third-order valence-corrected chi connectivity index (χ3v) is 5.38. The number of rotatable bonds is 4. The van der Waals surface area contributed by atoms with E-state index >= 15 is 0 Å². The zero-order valence-electron chi connectivity index (χ0n) is 12.1. The van der Waals surface area contributed by atoms with Gasteiger partial charge in [-0.3, -0.25) is 14.2 Å². The van der Waals surface area contributed by atoms with Crippen molar-refractivity contribution in [3.8, 4) is 10.4 Å². The van der Waals surface area contributed by atoms with Crippen LogP contribution in [-0.2, 0) is 11.3 Å². The average molecular weight is 334 g/mol. The van der Waals surface area contributed by atoms with Crippen LogP contribution in [-0.4, -0.2) is 20.6 Å². The summed E-state index contributed by atoms with van der Waals surface area (Å²) in [6, 6.07) is 3.94. The molecule has 0 atom stereocenters. The summed E-state index contributed by atoms with van der Waals surface area (Å²) in [7, 11) is 0. The lowest BCUT2D eigenvalue weighted by molar-refractivity contribution is -0.137. The van der Waals surface area contributed by atoms with Gasteiger partial charge in [0.1, 0.15) is 10.7 Å². The molecule has 5 nitrogen and oxygen atoms in total. The number of carboxylic acid groups (broad SMARTS) is 1. The van der Waals surface area contributed by atoms with Gasteiger partial charge in [-0.25, -0.2) is 4.98 Å². The highest BCUT2D eigenvalue weighted by Crippen LogP contribution is 2.37. The number of aryl methyl sites for hydroxylation is 2. The minimum atomic E-state index is -0.925. The monoisotopic (exact) mass is 334 g/mol. The molecule has 0 aromatic carbocycles. The summed E-state index contributed by atoms with van der Waals surface area (Å²) in [5.41, 5.74) is 0.771. The van der Waals surface area contributed by atoms with Crippen LogP contribution in [0.15, 0.2) is 22.3 Å². The number of hydrogen-bond acceptors (Lipinski definition) is 5. The molecule has 0 amide bonds. The zero-order chi connectivity index (χ0) is 15.9. The van der Waals surface area contributed by atoms with Gasteiger partial charge < -0.3 is 5.11 Å². The molecule has 22 heavy (non-hydrogen) atoms. The van der Waals surface area contributed by atoms with Gasteiger partial charge in [-0.05, 0) is 25.3 Å². The second-order valence-corrected chi connectivity index (χ2v) is 7.10. The molecule has 0 unspecified atom stereocenters. The van der Waals surface area contributed by atoms with E-state index in [0.29, 0.717) is 11.2 Å². The number of aromatic nitrogens is 2. The molecule has 0 aliphatic carbocycles. The summed E-state index contributed by atoms with van der Waals surface area (Å²) in [5.74, 6) is -0.371. The second kappa shape index (κ2) is 5.66. The van der Waals surface area contributed by atoms with Crippen molar-refractivity contribution in [1.82, 2.24) is 9.55 Å². The van der Waals surface area contributed by atoms with E-state index in [1.807, 2.05) is 24.4 Å². The molecule has 7 heteroatoms. The molecule has 0 aliphatic rings. The Labute approximate surface area is 134 Å². The SMILES string of the molecule is Cc1sc2nc(C)n(CCC(=O)O)c(=O)c2c1-c1cccs1. The Morgan fingerprint density at radius 3 is 2.82 bits per heavy atom. The number of thiophene rings is 2. The number of hydrogen-bond donors (Lipinski definition) is 1. The van der Waals surface area contributed by atoms with Crippen molar-refractivity contribution in [2.75, 3.05) is 0 Å². The van der Waals surface area contributed by atoms with E-state index < -0.39 is 5.97 Å². The molecule has 3 heterocycles. The molecule has 0 spiro atoms. The number of carbonyl (C=O) groups is 1. The summed E-state index contributed by atoms with van der Waals surface area (Å²) in [6.45, 7) is 3.86. The van der Waals surface area contributed by atoms with Crippen molar-refractivity contribution in [3.63, 3.8) is 0 Å². The molecule has 1 N–H and O–H groups in total. The highest BCUT2D eigenvalue weighted by molar-refractivity contribution is 7.20. The van der Waals surface area contributed by atoms with Crippen molar-refractivity contribution in [2.45, 2.75) is 26.8 Å². The fraction of sp³-hybridized carbons (Fsp3) is 0.267. The van der Waals surface area contributed by atoms with Crippen LogP contribution in [0.5, 0.6) is 0 Å². The third kappa shape index (κ3) is 2.46. The Morgan fingerprint density at radius 1 is 1.41 bits per heavy atom. The van der Waals surface area contributed by atoms with Crippen LogP contribution in [0.4, 0.5) is 0 Å². The number of fused-ring (bicyclic) bond motifs is 1. The van der Waals surface area contributed by atoms with Crippen molar-refractivity contribution in [2.24, 2.45) is 0 Å². The molecule has 0 radical (unpaired) electrons. The highest BCUT2D eigenvalue weighted by atomic mass is 32.1. The van der Waals surface area contributed by atoms with Crippen molar-refractivity contribution >= 4 is 38.9 Å². The smallest absolute Gasteiger partial charge is 0.305 e. The summed E-state index contributed by atoms with van der Waals surface area (Å²) in [5, 5.41) is 11.4. The van der Waals surface area contributed by atoms with Crippen molar-refractivity contribution in [3.05, 3.63) is 38.6 Å². The lowest BCUT2D eigenvalue weighted by Crippen LogP contribution is -2.24. The van der Waals surface area contributed by atoms with Crippen LogP contribution in [0.2, 0.25) is 0 Å². The Bertz CT molecular complexity index is 907. The number of carboxylic acids is 1. The van der Waals surface area contributed by atoms with Crippen LogP contribution < -0.4 is 5.56 Å². The van der Waals surface area contributed by atoms with Gasteiger partial charge in [-0.1, -0.05) is 6.07 Å². The van der Waals surface area contributed by atoms with Crippen LogP contribution >= 0.6 is 22.7 Å². The lowest BCUT2D eigenvalue weighted by Gasteiger charge is -2.08. The molecular formula is C15H14N2O3S2. The Kier molecular flexibility index (Phi) is 3.84. The van der Waals surface area contributed by atoms with Crippen molar-refractivity contribution in [1.29, 1.82) is 0 Å². The van der Waals surface area contributed by atoms with Gasteiger partial charge in [-0.15, -0.1) is 22.7 Å². The minimum Gasteiger partial charge on any atom is -0.481 e. The van der Waals surface area contributed by atoms with E-state index in [2.05, 4.69) is 4.98 Å². The number of nitrogens with zero attached hydrogens (tertiary/aromatic N) is 2. The Hall–Kier alpha value is -1.99. The van der Waals surface area contributed by atoms with Gasteiger partial charge in [0.05, 0.1) is 11.8 Å². The van der Waals surface area contributed by atoms with Gasteiger partial charge in [0.15, 0.2) is 0 Å². The van der Waals surface area contributed by atoms with E-state index in [0.717, 1.165) is 20.1 Å². The quantitative estimate of drug-likeness (QED) is 0.795. The fourth-order valence-corrected chi connectivity index (χ4v) is 4.46. The maximum absolute atomic E-state index is 12.8. The second-order valence-electron chi connectivity index (χ2n) is 4.95. The zero-order valence-corrected chi connectivity index (χ0v) is 13.8. The Balaban J connectivity index is 2.26. The molecule has 3 aromatic heterocycles. The predicted octanol–water partition coefficient (Wildman–Crippen LogP) is 3.28. The van der Waals surface area contributed by atoms with Gasteiger partial charge in [0.25, 0.3) is 5.56 Å². The first kappa shape index (κ1) is 14.9. The molecule has 0 fully saturated rings. The van der Waals surface area contributed by atoms with Gasteiger partial charge in [0, 0.05) is 21.9 Å². The molecule has 0 aliphatic heterocycles. The first-order valence-corrected chi connectivity index (χ1v) is 8.45. The van der Waals surface area contributed by atoms with Crippen LogP contribution in [0, 0.1) is 13.8 Å². The predicted molar refractivity (Wildman–Crippen MR) is 88.9 cm³/mol. The molecule has 0 bridgehead atoms. The van der Waals surface area contributed by atoms with Gasteiger partial charge in [0.2, 0.25) is 0 Å². The summed E-state index contributed by atoms with van der Waals surface area (Å²) < 4.78 is 1.46. The summed E-state index contributed by atoms with van der Waals surface area (Å²) in [4.78, 5) is 30.9. The molecule has 0 saturated carbocycles. The first-order valence-electron chi connectivity index (χ1n) is 6.75. The van der Waals surface area contributed by atoms with Crippen LogP contribution in [0.3, 0.4) is 0 Å². The largest absolute Gasteiger partial charge is 0.481 e. The summed E-state index contributed by atoms with van der Waals surface area (Å²) in [6.07, 6.45) is -0.0919. The minimum absolute atomic E-state index is 0.0919. The number of aliphatic carboxylic acids is 1.